The minimum atomic E-state index is -4.46. The summed E-state index contributed by atoms with van der Waals surface area (Å²) in [5, 5.41) is 7.44. The van der Waals surface area contributed by atoms with E-state index >= 15 is 0 Å². The summed E-state index contributed by atoms with van der Waals surface area (Å²) >= 11 is 0. The van der Waals surface area contributed by atoms with Crippen molar-refractivity contribution >= 4 is 18.2 Å². The first-order chi connectivity index (χ1) is 8.89. The van der Waals surface area contributed by atoms with Crippen molar-refractivity contribution in [3.8, 4) is 11.1 Å². The van der Waals surface area contributed by atoms with Crippen LogP contribution in [0.5, 0.6) is 0 Å². The number of halogens is 4. The molecule has 0 amide bonds. The zero-order valence-corrected chi connectivity index (χ0v) is 10.9. The minimum Gasteiger partial charge on any atom is -0.384 e. The normalized spacial score (nSPS) is 10.8. The first-order valence-corrected chi connectivity index (χ1v) is 5.36. The van der Waals surface area contributed by atoms with Crippen LogP contribution >= 0.6 is 12.4 Å². The Balaban J connectivity index is 0.00000200. The van der Waals surface area contributed by atoms with Crippen molar-refractivity contribution in [2.24, 2.45) is 5.73 Å². The third-order valence-corrected chi connectivity index (χ3v) is 2.58. The van der Waals surface area contributed by atoms with E-state index in [0.29, 0.717) is 16.7 Å². The van der Waals surface area contributed by atoms with Crippen molar-refractivity contribution < 1.29 is 13.2 Å². The van der Waals surface area contributed by atoms with Gasteiger partial charge < -0.3 is 5.73 Å². The second-order valence-electron chi connectivity index (χ2n) is 3.89. The number of benzene rings is 1. The predicted molar refractivity (Wildman–Crippen MR) is 72.9 cm³/mol. The van der Waals surface area contributed by atoms with Crippen LogP contribution in [0.15, 0.2) is 42.6 Å². The Kier molecular flexibility index (Phi) is 4.73. The molecule has 3 N–H and O–H groups in total. The van der Waals surface area contributed by atoms with Gasteiger partial charge in [-0.05, 0) is 11.6 Å². The van der Waals surface area contributed by atoms with Crippen LogP contribution in [0, 0.1) is 5.41 Å². The Morgan fingerprint density at radius 3 is 2.25 bits per heavy atom. The summed E-state index contributed by atoms with van der Waals surface area (Å²) in [5.41, 5.74) is 6.01. The largest absolute Gasteiger partial charge is 0.433 e. The van der Waals surface area contributed by atoms with E-state index in [1.165, 1.54) is 6.07 Å². The van der Waals surface area contributed by atoms with Crippen LogP contribution < -0.4 is 5.73 Å². The standard InChI is InChI=1S/C13H10F3N3.ClH/c14-13(15,16)11-6-5-8(7-19-11)9-3-1-2-4-10(9)12(17)18;/h1-7H,(H3,17,18);1H. The van der Waals surface area contributed by atoms with Gasteiger partial charge in [0.05, 0.1) is 0 Å². The molecule has 0 bridgehead atoms. The lowest BCUT2D eigenvalue weighted by molar-refractivity contribution is -0.141. The molecular formula is C13H11ClF3N3. The van der Waals surface area contributed by atoms with Crippen molar-refractivity contribution in [2.45, 2.75) is 6.18 Å². The van der Waals surface area contributed by atoms with E-state index < -0.39 is 11.9 Å². The lowest BCUT2D eigenvalue weighted by Crippen LogP contribution is -2.12. The molecule has 0 fully saturated rings. The fourth-order valence-corrected chi connectivity index (χ4v) is 1.69. The number of aromatic nitrogens is 1. The van der Waals surface area contributed by atoms with Crippen molar-refractivity contribution in [3.63, 3.8) is 0 Å². The molecule has 0 aliphatic heterocycles. The van der Waals surface area contributed by atoms with Crippen LogP contribution in [-0.2, 0) is 6.18 Å². The number of rotatable bonds is 2. The highest BCUT2D eigenvalue weighted by molar-refractivity contribution is 6.01. The predicted octanol–water partition coefficient (Wildman–Crippen LogP) is 3.47. The average molecular weight is 302 g/mol. The molecule has 1 aromatic carbocycles. The number of pyridine rings is 1. The quantitative estimate of drug-likeness (QED) is 0.659. The topological polar surface area (TPSA) is 62.8 Å². The van der Waals surface area contributed by atoms with Gasteiger partial charge in [0.15, 0.2) is 0 Å². The molecule has 0 unspecified atom stereocenters. The van der Waals surface area contributed by atoms with Gasteiger partial charge in [-0.2, -0.15) is 13.2 Å². The number of amidine groups is 1. The molecule has 1 aromatic heterocycles. The molecule has 3 nitrogen and oxygen atoms in total. The van der Waals surface area contributed by atoms with Gasteiger partial charge in [-0.3, -0.25) is 10.4 Å². The molecule has 20 heavy (non-hydrogen) atoms. The summed E-state index contributed by atoms with van der Waals surface area (Å²) in [4.78, 5) is 3.39. The fraction of sp³-hybridized carbons (Fsp3) is 0.0769. The van der Waals surface area contributed by atoms with Crippen LogP contribution in [0.25, 0.3) is 11.1 Å². The second kappa shape index (κ2) is 5.92. The molecule has 0 atom stereocenters. The Bertz CT molecular complexity index is 609. The maximum Gasteiger partial charge on any atom is 0.433 e. The summed E-state index contributed by atoms with van der Waals surface area (Å²) in [5.74, 6) is -0.143. The molecule has 0 aliphatic carbocycles. The van der Waals surface area contributed by atoms with Gasteiger partial charge in [-0.25, -0.2) is 0 Å². The van der Waals surface area contributed by atoms with Gasteiger partial charge in [-0.15, -0.1) is 12.4 Å². The number of hydrogen-bond acceptors (Lipinski definition) is 2. The van der Waals surface area contributed by atoms with Crippen LogP contribution in [0.1, 0.15) is 11.3 Å². The van der Waals surface area contributed by atoms with Gasteiger partial charge >= 0.3 is 6.18 Å². The monoisotopic (exact) mass is 301 g/mol. The number of hydrogen-bond donors (Lipinski definition) is 2. The number of nitrogens with two attached hydrogens (primary N) is 1. The minimum absolute atomic E-state index is 0. The van der Waals surface area contributed by atoms with Crippen LogP contribution in [0.3, 0.4) is 0 Å². The van der Waals surface area contributed by atoms with E-state index in [0.717, 1.165) is 12.3 Å². The van der Waals surface area contributed by atoms with Crippen molar-refractivity contribution in [1.82, 2.24) is 4.98 Å². The van der Waals surface area contributed by atoms with E-state index in [4.69, 9.17) is 11.1 Å². The number of nitrogen functional groups attached to an aromatic ring is 1. The highest BCUT2D eigenvalue weighted by atomic mass is 35.5. The molecule has 2 aromatic rings. The van der Waals surface area contributed by atoms with Gasteiger partial charge in [0.2, 0.25) is 0 Å². The number of alkyl halides is 3. The van der Waals surface area contributed by atoms with E-state index in [2.05, 4.69) is 4.98 Å². The molecule has 0 spiro atoms. The second-order valence-corrected chi connectivity index (χ2v) is 3.89. The maximum atomic E-state index is 12.4. The molecule has 0 aliphatic rings. The molecule has 7 heteroatoms. The summed E-state index contributed by atoms with van der Waals surface area (Å²) < 4.78 is 37.2. The fourth-order valence-electron chi connectivity index (χ4n) is 1.69. The number of nitrogens with zero attached hydrogens (tertiary/aromatic N) is 1. The summed E-state index contributed by atoms with van der Waals surface area (Å²) in [6.45, 7) is 0. The average Bonchev–Trinajstić information content (AvgIpc) is 2.38. The molecule has 2 rings (SSSR count). The molecule has 1 heterocycles. The van der Waals surface area contributed by atoms with Crippen molar-refractivity contribution in [3.05, 3.63) is 53.9 Å². The summed E-state index contributed by atoms with van der Waals surface area (Å²) in [7, 11) is 0. The molecule has 0 saturated carbocycles. The van der Waals surface area contributed by atoms with Crippen molar-refractivity contribution in [1.29, 1.82) is 5.41 Å². The van der Waals surface area contributed by atoms with E-state index in [9.17, 15) is 13.2 Å². The third-order valence-electron chi connectivity index (χ3n) is 2.58. The van der Waals surface area contributed by atoms with E-state index in [1.54, 1.807) is 24.3 Å². The van der Waals surface area contributed by atoms with Crippen LogP contribution in [0.2, 0.25) is 0 Å². The SMILES string of the molecule is Cl.N=C(N)c1ccccc1-c1ccc(C(F)(F)F)nc1. The lowest BCUT2D eigenvalue weighted by atomic mass is 10.0. The Labute approximate surface area is 119 Å². The summed E-state index contributed by atoms with van der Waals surface area (Å²) in [6.07, 6.45) is -3.33. The van der Waals surface area contributed by atoms with E-state index in [-0.39, 0.29) is 18.2 Å². The third kappa shape index (κ3) is 3.27. The van der Waals surface area contributed by atoms with Gasteiger partial charge in [0.25, 0.3) is 0 Å². The van der Waals surface area contributed by atoms with Crippen LogP contribution in [0.4, 0.5) is 13.2 Å². The molecule has 106 valence electrons. The Morgan fingerprint density at radius 1 is 1.10 bits per heavy atom. The van der Waals surface area contributed by atoms with E-state index in [1.807, 2.05) is 0 Å². The first-order valence-electron chi connectivity index (χ1n) is 5.36. The smallest absolute Gasteiger partial charge is 0.384 e. The van der Waals surface area contributed by atoms with Gasteiger partial charge in [0.1, 0.15) is 11.5 Å². The zero-order valence-electron chi connectivity index (χ0n) is 10.1. The van der Waals surface area contributed by atoms with Gasteiger partial charge in [-0.1, -0.05) is 30.3 Å². The highest BCUT2D eigenvalue weighted by Gasteiger charge is 2.32. The molecule has 0 saturated heterocycles. The molecule has 0 radical (unpaired) electrons. The highest BCUT2D eigenvalue weighted by Crippen LogP contribution is 2.29. The first kappa shape index (κ1) is 16.0. The van der Waals surface area contributed by atoms with Crippen molar-refractivity contribution in [2.75, 3.05) is 0 Å². The summed E-state index contributed by atoms with van der Waals surface area (Å²) in [6, 6.07) is 8.97. The lowest BCUT2D eigenvalue weighted by Gasteiger charge is -2.09. The zero-order chi connectivity index (χ0) is 14.0. The Morgan fingerprint density at radius 2 is 1.75 bits per heavy atom. The molecular weight excluding hydrogens is 291 g/mol. The number of nitrogens with one attached hydrogen (secondary N) is 1. The Hall–Kier alpha value is -2.08. The van der Waals surface area contributed by atoms with Crippen LogP contribution in [-0.4, -0.2) is 10.8 Å². The van der Waals surface area contributed by atoms with Gasteiger partial charge in [0, 0.05) is 17.3 Å². The maximum absolute atomic E-state index is 12.4.